The quantitative estimate of drug-likeness (QED) is 0.769. The van der Waals surface area contributed by atoms with Crippen LogP contribution in [-0.4, -0.2) is 16.1 Å². The summed E-state index contributed by atoms with van der Waals surface area (Å²) in [5.41, 5.74) is 5.92. The average Bonchev–Trinajstić information content (AvgIpc) is 2.78. The highest BCUT2D eigenvalue weighted by Gasteiger charge is 2.16. The van der Waals surface area contributed by atoms with Crippen LogP contribution in [0.25, 0.3) is 10.9 Å². The van der Waals surface area contributed by atoms with Gasteiger partial charge in [0.2, 0.25) is 5.88 Å². The normalized spacial score (nSPS) is 10.7. The van der Waals surface area contributed by atoms with Gasteiger partial charge >= 0.3 is 6.09 Å². The van der Waals surface area contributed by atoms with E-state index in [4.69, 9.17) is 22.1 Å². The molecule has 3 aromatic rings. The number of fused-ring (bicyclic) bond motifs is 1. The summed E-state index contributed by atoms with van der Waals surface area (Å²) in [6.45, 7) is 0. The van der Waals surface area contributed by atoms with E-state index >= 15 is 0 Å². The Balaban J connectivity index is 2.05. The van der Waals surface area contributed by atoms with Crippen molar-refractivity contribution in [3.63, 3.8) is 0 Å². The number of ether oxygens (including phenoxy) is 1. The minimum absolute atomic E-state index is 0.311. The zero-order valence-corrected chi connectivity index (χ0v) is 12.2. The van der Waals surface area contributed by atoms with E-state index in [1.54, 1.807) is 30.6 Å². The summed E-state index contributed by atoms with van der Waals surface area (Å²) in [6, 6.07) is 9.17. The van der Waals surface area contributed by atoms with Gasteiger partial charge in [-0.1, -0.05) is 23.4 Å². The van der Waals surface area contributed by atoms with Crippen LogP contribution < -0.4 is 10.5 Å². The number of hydrogen-bond acceptors (Lipinski definition) is 4. The number of halogens is 1. The number of pyridine rings is 1. The molecule has 3 N–H and O–H groups in total. The summed E-state index contributed by atoms with van der Waals surface area (Å²) in [5, 5.41) is 1.52. The van der Waals surface area contributed by atoms with Gasteiger partial charge in [-0.2, -0.15) is 0 Å². The first-order chi connectivity index (χ1) is 10.1. The molecule has 1 aromatic carbocycles. The Morgan fingerprint density at radius 1 is 1.29 bits per heavy atom. The van der Waals surface area contributed by atoms with Gasteiger partial charge in [0.05, 0.1) is 10.4 Å². The molecule has 5 nitrogen and oxygen atoms in total. The SMILES string of the molecule is NC(=O)Oc1[nH]c2ccncc2c1Sc1ccc(Cl)cc1. The van der Waals surface area contributed by atoms with E-state index in [0.29, 0.717) is 10.9 Å². The second-order valence-corrected chi connectivity index (χ2v) is 5.70. The Labute approximate surface area is 129 Å². The smallest absolute Gasteiger partial charge is 0.392 e. The second kappa shape index (κ2) is 5.67. The van der Waals surface area contributed by atoms with Gasteiger partial charge in [0.25, 0.3) is 0 Å². The van der Waals surface area contributed by atoms with Crippen molar-refractivity contribution >= 4 is 40.4 Å². The third-order valence-electron chi connectivity index (χ3n) is 2.76. The Morgan fingerprint density at radius 2 is 2.05 bits per heavy atom. The fourth-order valence-corrected chi connectivity index (χ4v) is 2.97. The molecule has 0 unspecified atom stereocenters. The fourth-order valence-electron chi connectivity index (χ4n) is 1.88. The zero-order valence-electron chi connectivity index (χ0n) is 10.7. The van der Waals surface area contributed by atoms with E-state index < -0.39 is 6.09 Å². The van der Waals surface area contributed by atoms with Gasteiger partial charge in [-0.05, 0) is 30.3 Å². The standard InChI is InChI=1S/C14H10ClN3O2S/c15-8-1-3-9(4-2-8)21-12-10-7-17-6-5-11(10)18-13(12)20-14(16)19/h1-7,18H,(H2,16,19). The minimum Gasteiger partial charge on any atom is -0.392 e. The highest BCUT2D eigenvalue weighted by atomic mass is 35.5. The summed E-state index contributed by atoms with van der Waals surface area (Å²) in [5.74, 6) is 0.311. The summed E-state index contributed by atoms with van der Waals surface area (Å²) >= 11 is 7.32. The summed E-state index contributed by atoms with van der Waals surface area (Å²) in [6.07, 6.45) is 2.49. The van der Waals surface area contributed by atoms with E-state index in [9.17, 15) is 4.79 Å². The first-order valence-corrected chi connectivity index (χ1v) is 7.19. The third kappa shape index (κ3) is 2.96. The Kier molecular flexibility index (Phi) is 3.72. The number of amides is 1. The molecule has 7 heteroatoms. The number of primary amides is 1. The minimum atomic E-state index is -0.868. The first kappa shape index (κ1) is 13.8. The van der Waals surface area contributed by atoms with Crippen molar-refractivity contribution in [1.29, 1.82) is 0 Å². The van der Waals surface area contributed by atoms with Crippen LogP contribution in [0.2, 0.25) is 5.02 Å². The maximum Gasteiger partial charge on any atom is 0.411 e. The highest BCUT2D eigenvalue weighted by Crippen LogP contribution is 2.40. The zero-order chi connectivity index (χ0) is 14.8. The van der Waals surface area contributed by atoms with Crippen LogP contribution >= 0.6 is 23.4 Å². The van der Waals surface area contributed by atoms with Gasteiger partial charge in [-0.3, -0.25) is 4.98 Å². The van der Waals surface area contributed by atoms with E-state index in [-0.39, 0.29) is 0 Å². The van der Waals surface area contributed by atoms with E-state index in [1.165, 1.54) is 11.8 Å². The molecule has 0 fully saturated rings. The topological polar surface area (TPSA) is 81.0 Å². The molecule has 0 saturated carbocycles. The number of hydrogen-bond donors (Lipinski definition) is 2. The summed E-state index contributed by atoms with van der Waals surface area (Å²) < 4.78 is 5.03. The molecular formula is C14H10ClN3O2S. The molecule has 0 aliphatic rings. The molecule has 0 atom stereocenters. The van der Waals surface area contributed by atoms with Crippen LogP contribution in [0.4, 0.5) is 4.79 Å². The molecule has 0 bridgehead atoms. The predicted molar refractivity (Wildman–Crippen MR) is 81.9 cm³/mol. The molecule has 106 valence electrons. The first-order valence-electron chi connectivity index (χ1n) is 6.00. The number of aromatic nitrogens is 2. The number of nitrogens with zero attached hydrogens (tertiary/aromatic N) is 1. The van der Waals surface area contributed by atoms with Gasteiger partial charge in [0.15, 0.2) is 0 Å². The van der Waals surface area contributed by atoms with Gasteiger partial charge in [-0.25, -0.2) is 4.79 Å². The fraction of sp³-hybridized carbons (Fsp3) is 0. The number of rotatable bonds is 3. The number of carbonyl (C=O) groups excluding carboxylic acids is 1. The van der Waals surface area contributed by atoms with Crippen LogP contribution in [0.5, 0.6) is 5.88 Å². The highest BCUT2D eigenvalue weighted by molar-refractivity contribution is 7.99. The number of nitrogens with one attached hydrogen (secondary N) is 1. The van der Waals surface area contributed by atoms with Crippen LogP contribution in [0.1, 0.15) is 0 Å². The van der Waals surface area contributed by atoms with Crippen LogP contribution in [-0.2, 0) is 0 Å². The summed E-state index contributed by atoms with van der Waals surface area (Å²) in [7, 11) is 0. The Bertz CT molecular complexity index is 802. The maximum absolute atomic E-state index is 11.0. The average molecular weight is 320 g/mol. The Hall–Kier alpha value is -2.18. The van der Waals surface area contributed by atoms with Crippen molar-refractivity contribution in [3.8, 4) is 5.88 Å². The number of carbonyl (C=O) groups is 1. The van der Waals surface area contributed by atoms with Crippen molar-refractivity contribution in [2.45, 2.75) is 9.79 Å². The maximum atomic E-state index is 11.0. The number of benzene rings is 1. The molecule has 1 amide bonds. The summed E-state index contributed by atoms with van der Waals surface area (Å²) in [4.78, 5) is 19.9. The molecule has 0 aliphatic heterocycles. The predicted octanol–water partition coefficient (Wildman–Crippen LogP) is 3.83. The number of aromatic amines is 1. The van der Waals surface area contributed by atoms with Crippen molar-refractivity contribution < 1.29 is 9.53 Å². The molecule has 21 heavy (non-hydrogen) atoms. The van der Waals surface area contributed by atoms with Crippen LogP contribution in [0, 0.1) is 0 Å². The monoisotopic (exact) mass is 319 g/mol. The molecule has 2 aromatic heterocycles. The third-order valence-corrected chi connectivity index (χ3v) is 4.13. The van der Waals surface area contributed by atoms with Crippen molar-refractivity contribution in [2.75, 3.05) is 0 Å². The lowest BCUT2D eigenvalue weighted by Gasteiger charge is -2.04. The number of H-pyrrole nitrogens is 1. The molecular weight excluding hydrogens is 310 g/mol. The van der Waals surface area contributed by atoms with Gasteiger partial charge in [0.1, 0.15) is 0 Å². The molecule has 0 saturated heterocycles. The number of nitrogens with two attached hydrogens (primary N) is 1. The molecule has 0 spiro atoms. The lowest BCUT2D eigenvalue weighted by Crippen LogP contribution is -2.16. The molecule has 0 radical (unpaired) electrons. The molecule has 0 aliphatic carbocycles. The van der Waals surface area contributed by atoms with Crippen LogP contribution in [0.15, 0.2) is 52.5 Å². The van der Waals surface area contributed by atoms with Gasteiger partial charge < -0.3 is 15.5 Å². The molecule has 2 heterocycles. The van der Waals surface area contributed by atoms with Crippen molar-refractivity contribution in [1.82, 2.24) is 9.97 Å². The van der Waals surface area contributed by atoms with Crippen molar-refractivity contribution in [2.24, 2.45) is 5.73 Å². The lowest BCUT2D eigenvalue weighted by atomic mass is 10.3. The Morgan fingerprint density at radius 3 is 2.76 bits per heavy atom. The second-order valence-electron chi connectivity index (χ2n) is 4.18. The largest absolute Gasteiger partial charge is 0.411 e. The van der Waals surface area contributed by atoms with Gasteiger partial charge in [0, 0.05) is 27.7 Å². The van der Waals surface area contributed by atoms with Gasteiger partial charge in [-0.15, -0.1) is 0 Å². The van der Waals surface area contributed by atoms with Crippen LogP contribution in [0.3, 0.4) is 0 Å². The molecule has 3 rings (SSSR count). The lowest BCUT2D eigenvalue weighted by molar-refractivity contribution is 0.208. The van der Waals surface area contributed by atoms with E-state index in [0.717, 1.165) is 20.7 Å². The van der Waals surface area contributed by atoms with E-state index in [2.05, 4.69) is 9.97 Å². The van der Waals surface area contributed by atoms with E-state index in [1.807, 2.05) is 12.1 Å². The van der Waals surface area contributed by atoms with Crippen molar-refractivity contribution in [3.05, 3.63) is 47.7 Å².